The van der Waals surface area contributed by atoms with Gasteiger partial charge in [0, 0.05) is 78.1 Å². The molecule has 1 N–H and O–H groups in total. The number of amides is 1. The topological polar surface area (TPSA) is 98.3 Å². The zero-order valence-corrected chi connectivity index (χ0v) is 26.1. The van der Waals surface area contributed by atoms with Crippen molar-refractivity contribution >= 4 is 23.5 Å². The van der Waals surface area contributed by atoms with Crippen LogP contribution in [0.2, 0.25) is 0 Å². The molecule has 238 valence electrons. The summed E-state index contributed by atoms with van der Waals surface area (Å²) in [4.78, 5) is 53.6. The van der Waals surface area contributed by atoms with E-state index in [2.05, 4.69) is 49.1 Å². The van der Waals surface area contributed by atoms with E-state index in [0.29, 0.717) is 25.5 Å². The van der Waals surface area contributed by atoms with Crippen LogP contribution in [0.1, 0.15) is 27.9 Å². The fourth-order valence-corrected chi connectivity index (χ4v) is 5.79. The summed E-state index contributed by atoms with van der Waals surface area (Å²) < 4.78 is 5.83. The number of Topliss-reactive ketones (excluding diaryl/α,β-unsaturated/α-hetero) is 1. The van der Waals surface area contributed by atoms with Crippen molar-refractivity contribution in [2.45, 2.75) is 25.5 Å². The Labute approximate surface area is 266 Å². The maximum Gasteiger partial charge on any atom is 0.342 e. The summed E-state index contributed by atoms with van der Waals surface area (Å²) in [6, 6.07) is 23.0. The van der Waals surface area contributed by atoms with Gasteiger partial charge in [-0.2, -0.15) is 0 Å². The Morgan fingerprint density at radius 3 is 2.13 bits per heavy atom. The van der Waals surface area contributed by atoms with Gasteiger partial charge in [0.25, 0.3) is 11.7 Å². The van der Waals surface area contributed by atoms with Crippen LogP contribution in [0.4, 0.5) is 5.82 Å². The van der Waals surface area contributed by atoms with Gasteiger partial charge in [-0.3, -0.25) is 14.5 Å². The van der Waals surface area contributed by atoms with Crippen LogP contribution in [0.5, 0.6) is 0 Å². The van der Waals surface area contributed by atoms with E-state index in [1.807, 2.05) is 48.5 Å². The first-order chi connectivity index (χ1) is 22.0. The number of esters is 1. The van der Waals surface area contributed by atoms with Crippen molar-refractivity contribution in [3.63, 3.8) is 0 Å². The van der Waals surface area contributed by atoms with Crippen molar-refractivity contribution in [1.29, 1.82) is 0 Å². The first-order valence-corrected chi connectivity index (χ1v) is 15.9. The van der Waals surface area contributed by atoms with Crippen LogP contribution >= 0.6 is 0 Å². The molecule has 10 heteroatoms. The number of pyridine rings is 1. The largest absolute Gasteiger partial charge is 0.450 e. The zero-order valence-electron chi connectivity index (χ0n) is 26.1. The Morgan fingerprint density at radius 1 is 0.800 bits per heavy atom. The summed E-state index contributed by atoms with van der Waals surface area (Å²) >= 11 is 0. The predicted molar refractivity (Wildman–Crippen MR) is 174 cm³/mol. The monoisotopic (exact) mass is 612 g/mol. The van der Waals surface area contributed by atoms with Crippen LogP contribution in [-0.4, -0.2) is 116 Å². The fourth-order valence-electron chi connectivity index (χ4n) is 5.79. The van der Waals surface area contributed by atoms with Crippen LogP contribution in [0.25, 0.3) is 0 Å². The van der Waals surface area contributed by atoms with Crippen molar-refractivity contribution in [3.05, 3.63) is 95.7 Å². The standard InChI is InChI=1S/C35H44N6O4/c1-38-18-20-39(21-19-38)17-9-16-37-34(43)32(42)31(26-28-10-4-2-5-11-28)45-35(44)30-14-8-15-36-33(30)41-24-22-40(23-25-41)27-29-12-6-3-7-13-29/h2-8,10-15,31H,9,16-27H2,1H3,(H,37,43). The number of aromatic nitrogens is 1. The summed E-state index contributed by atoms with van der Waals surface area (Å²) in [5.74, 6) is -1.63. The highest BCUT2D eigenvalue weighted by atomic mass is 16.5. The molecule has 1 atom stereocenters. The number of anilines is 1. The highest BCUT2D eigenvalue weighted by Crippen LogP contribution is 2.22. The Morgan fingerprint density at radius 2 is 1.44 bits per heavy atom. The number of carbonyl (C=O) groups is 3. The number of nitrogens with one attached hydrogen (secondary N) is 1. The average molecular weight is 613 g/mol. The summed E-state index contributed by atoms with van der Waals surface area (Å²) in [7, 11) is 2.12. The summed E-state index contributed by atoms with van der Waals surface area (Å²) in [5.41, 5.74) is 2.35. The Balaban J connectivity index is 1.20. The highest BCUT2D eigenvalue weighted by molar-refractivity contribution is 6.38. The van der Waals surface area contributed by atoms with E-state index in [4.69, 9.17) is 4.74 Å². The number of carbonyl (C=O) groups excluding carboxylic acids is 3. The second kappa shape index (κ2) is 16.3. The van der Waals surface area contributed by atoms with Crippen molar-refractivity contribution in [1.82, 2.24) is 25.0 Å². The second-order valence-electron chi connectivity index (χ2n) is 11.8. The Hall–Kier alpha value is -4.12. The molecular formula is C35H44N6O4. The number of piperazine rings is 2. The molecule has 0 saturated carbocycles. The molecule has 0 radical (unpaired) electrons. The summed E-state index contributed by atoms with van der Waals surface area (Å²) in [6.45, 7) is 9.21. The van der Waals surface area contributed by atoms with Gasteiger partial charge in [-0.15, -0.1) is 0 Å². The van der Waals surface area contributed by atoms with Gasteiger partial charge in [0.1, 0.15) is 11.4 Å². The van der Waals surface area contributed by atoms with Crippen LogP contribution in [0.3, 0.4) is 0 Å². The number of ether oxygens (including phenoxy) is 1. The molecule has 0 spiro atoms. The minimum Gasteiger partial charge on any atom is -0.450 e. The van der Waals surface area contributed by atoms with Crippen LogP contribution in [-0.2, 0) is 27.3 Å². The molecule has 3 aromatic rings. The number of benzene rings is 2. The van der Waals surface area contributed by atoms with E-state index in [-0.39, 0.29) is 12.0 Å². The van der Waals surface area contributed by atoms with Crippen molar-refractivity contribution in [2.75, 3.05) is 77.4 Å². The number of ketones is 1. The fraction of sp³-hybridized carbons (Fsp3) is 0.429. The third-order valence-electron chi connectivity index (χ3n) is 8.49. The first-order valence-electron chi connectivity index (χ1n) is 15.9. The molecule has 1 amide bonds. The highest BCUT2D eigenvalue weighted by Gasteiger charge is 2.31. The van der Waals surface area contributed by atoms with E-state index in [9.17, 15) is 14.4 Å². The van der Waals surface area contributed by atoms with E-state index in [0.717, 1.165) is 64.3 Å². The van der Waals surface area contributed by atoms with Gasteiger partial charge in [-0.05, 0) is 43.3 Å². The van der Waals surface area contributed by atoms with Crippen LogP contribution < -0.4 is 10.2 Å². The van der Waals surface area contributed by atoms with Crippen molar-refractivity contribution in [3.8, 4) is 0 Å². The Bertz CT molecular complexity index is 1390. The summed E-state index contributed by atoms with van der Waals surface area (Å²) in [6.07, 6.45) is 1.25. The van der Waals surface area contributed by atoms with Crippen LogP contribution in [0.15, 0.2) is 79.0 Å². The average Bonchev–Trinajstić information content (AvgIpc) is 3.08. The molecule has 45 heavy (non-hydrogen) atoms. The SMILES string of the molecule is CN1CCN(CCCNC(=O)C(=O)C(Cc2ccccc2)OC(=O)c2cccnc2N2CCN(Cc3ccccc3)CC2)CC1. The molecule has 3 heterocycles. The van der Waals surface area contributed by atoms with Gasteiger partial charge in [-0.1, -0.05) is 60.7 Å². The molecule has 10 nitrogen and oxygen atoms in total. The molecule has 1 aromatic heterocycles. The third-order valence-corrected chi connectivity index (χ3v) is 8.49. The lowest BCUT2D eigenvalue weighted by Crippen LogP contribution is -2.47. The number of hydrogen-bond acceptors (Lipinski definition) is 9. The number of nitrogens with zero attached hydrogens (tertiary/aromatic N) is 5. The van der Waals surface area contributed by atoms with Crippen molar-refractivity contribution in [2.24, 2.45) is 0 Å². The molecule has 2 saturated heterocycles. The zero-order chi connectivity index (χ0) is 31.4. The van der Waals surface area contributed by atoms with Gasteiger partial charge in [-0.25, -0.2) is 9.78 Å². The number of hydrogen-bond donors (Lipinski definition) is 1. The molecule has 5 rings (SSSR count). The van der Waals surface area contributed by atoms with E-state index in [1.54, 1.807) is 18.3 Å². The van der Waals surface area contributed by atoms with E-state index < -0.39 is 23.8 Å². The van der Waals surface area contributed by atoms with Gasteiger partial charge in [0.15, 0.2) is 6.10 Å². The van der Waals surface area contributed by atoms with Crippen molar-refractivity contribution < 1.29 is 19.1 Å². The van der Waals surface area contributed by atoms with Gasteiger partial charge in [0.2, 0.25) is 0 Å². The second-order valence-corrected chi connectivity index (χ2v) is 11.8. The van der Waals surface area contributed by atoms with Crippen LogP contribution in [0, 0.1) is 0 Å². The predicted octanol–water partition coefficient (Wildman–Crippen LogP) is 2.49. The number of likely N-dealkylation sites (N-methyl/N-ethyl adjacent to an activating group) is 1. The molecular weight excluding hydrogens is 568 g/mol. The Kier molecular flexibility index (Phi) is 11.7. The van der Waals surface area contributed by atoms with E-state index in [1.165, 1.54) is 5.56 Å². The molecule has 0 bridgehead atoms. The lowest BCUT2D eigenvalue weighted by Gasteiger charge is -2.36. The normalized spacial score (nSPS) is 17.0. The summed E-state index contributed by atoms with van der Waals surface area (Å²) in [5, 5.41) is 2.75. The van der Waals surface area contributed by atoms with Gasteiger partial charge < -0.3 is 24.8 Å². The molecule has 2 fully saturated rings. The lowest BCUT2D eigenvalue weighted by atomic mass is 10.0. The molecule has 2 aliphatic heterocycles. The quantitative estimate of drug-likeness (QED) is 0.177. The smallest absolute Gasteiger partial charge is 0.342 e. The third kappa shape index (κ3) is 9.43. The lowest BCUT2D eigenvalue weighted by molar-refractivity contribution is -0.143. The molecule has 2 aromatic carbocycles. The molecule has 2 aliphatic rings. The maximum absolute atomic E-state index is 13.6. The van der Waals surface area contributed by atoms with E-state index >= 15 is 0 Å². The maximum atomic E-state index is 13.6. The van der Waals surface area contributed by atoms with Gasteiger partial charge >= 0.3 is 5.97 Å². The molecule has 0 aliphatic carbocycles. The minimum atomic E-state index is -1.26. The molecule has 1 unspecified atom stereocenters. The van der Waals surface area contributed by atoms with Gasteiger partial charge in [0.05, 0.1) is 0 Å². The first kappa shape index (κ1) is 32.3. The minimum absolute atomic E-state index is 0.105. The number of rotatable bonds is 13.